The standard InChI is InChI=1S/C16H14.2C10H15.C4H12OSi.Zr/c1-3-9-15(10-4-1)13-7-8-14-16-11-5-2-6-12-16;2*1-7-6-10(4,5)9(3)8(7)2;1-4(2)5-6-3;/h1-14H;2*1-5H3;4H,6H2,1-3H3;. The summed E-state index contributed by atoms with van der Waals surface area (Å²) in [5.41, 5.74) is 12.5. The van der Waals surface area contributed by atoms with Crippen molar-refractivity contribution < 1.29 is 27.7 Å². The van der Waals surface area contributed by atoms with Crippen LogP contribution >= 0.6 is 0 Å². The Kier molecular flexibility index (Phi) is 14.6. The second kappa shape index (κ2) is 16.9. The summed E-state index contributed by atoms with van der Waals surface area (Å²) in [6.45, 7) is 30.0. The van der Waals surface area contributed by atoms with Crippen LogP contribution in [-0.2, 0) is 27.7 Å². The molecule has 0 heterocycles. The van der Waals surface area contributed by atoms with Gasteiger partial charge in [0, 0.05) is 6.10 Å². The minimum absolute atomic E-state index is 0.133. The van der Waals surface area contributed by atoms with E-state index in [1.54, 1.807) is 40.0 Å². The summed E-state index contributed by atoms with van der Waals surface area (Å²) in [5, 5.41) is 0. The molecule has 43 heavy (non-hydrogen) atoms. The first-order chi connectivity index (χ1) is 20.2. The topological polar surface area (TPSA) is 9.23 Å². The number of benzene rings is 2. The minimum Gasteiger partial charge on any atom is -0.422 e. The van der Waals surface area contributed by atoms with Gasteiger partial charge in [-0.2, -0.15) is 0 Å². The van der Waals surface area contributed by atoms with E-state index < -0.39 is 23.2 Å². The molecule has 0 spiro atoms. The summed E-state index contributed by atoms with van der Waals surface area (Å²) in [7, 11) is -0.133. The number of hydrogen-bond donors (Lipinski definition) is 0. The van der Waals surface area contributed by atoms with Gasteiger partial charge in [0.25, 0.3) is 0 Å². The maximum Gasteiger partial charge on any atom is 0.158 e. The van der Waals surface area contributed by atoms with E-state index in [1.165, 1.54) is 11.1 Å². The zero-order chi connectivity index (χ0) is 32.4. The first-order valence-corrected chi connectivity index (χ1v) is 20.2. The molecule has 2 aromatic rings. The molecular weight excluding hydrogens is 616 g/mol. The van der Waals surface area contributed by atoms with Crippen molar-refractivity contribution in [2.24, 2.45) is 10.8 Å². The van der Waals surface area contributed by atoms with Gasteiger partial charge >= 0.3 is 143 Å². The zero-order valence-corrected chi connectivity index (χ0v) is 33.1. The first kappa shape index (κ1) is 37.1. The van der Waals surface area contributed by atoms with Gasteiger partial charge in [0.15, 0.2) is 9.76 Å². The quantitative estimate of drug-likeness (QED) is 0.210. The smallest absolute Gasteiger partial charge is 0.158 e. The van der Waals surface area contributed by atoms with Crippen molar-refractivity contribution in [3.05, 3.63) is 124 Å². The molecule has 0 amide bonds. The van der Waals surface area contributed by atoms with Crippen molar-refractivity contribution in [3.63, 3.8) is 0 Å². The molecule has 230 valence electrons. The Morgan fingerprint density at radius 2 is 0.953 bits per heavy atom. The van der Waals surface area contributed by atoms with Crippen molar-refractivity contribution in [2.75, 3.05) is 0 Å². The number of allylic oxidation sites excluding steroid dienone is 10. The molecule has 2 aromatic carbocycles. The van der Waals surface area contributed by atoms with E-state index in [-0.39, 0.29) is 20.6 Å². The van der Waals surface area contributed by atoms with Gasteiger partial charge in [0.05, 0.1) is 0 Å². The van der Waals surface area contributed by atoms with E-state index in [0.29, 0.717) is 6.10 Å². The Hall–Kier alpha value is -2.06. The van der Waals surface area contributed by atoms with Crippen molar-refractivity contribution in [1.29, 1.82) is 0 Å². The van der Waals surface area contributed by atoms with Crippen LogP contribution in [-0.4, -0.2) is 15.9 Å². The summed E-state index contributed by atoms with van der Waals surface area (Å²) >= 11 is -0.730. The van der Waals surface area contributed by atoms with Crippen LogP contribution in [0.4, 0.5) is 0 Å². The van der Waals surface area contributed by atoms with Gasteiger partial charge < -0.3 is 4.43 Å². The average Bonchev–Trinajstić information content (AvgIpc) is 3.21. The van der Waals surface area contributed by atoms with Crippen molar-refractivity contribution >= 4 is 21.9 Å². The number of hydrogen-bond acceptors (Lipinski definition) is 1. The van der Waals surface area contributed by atoms with Crippen LogP contribution in [0.25, 0.3) is 12.2 Å². The molecular formula is C40H56OSiZr. The van der Waals surface area contributed by atoms with Crippen LogP contribution in [0.2, 0.25) is 6.55 Å². The molecule has 0 bridgehead atoms. The molecule has 2 aliphatic carbocycles. The third-order valence-electron chi connectivity index (χ3n) is 9.16. The molecule has 0 saturated carbocycles. The van der Waals surface area contributed by atoms with Crippen molar-refractivity contribution in [3.8, 4) is 0 Å². The fourth-order valence-electron chi connectivity index (χ4n) is 5.61. The molecule has 0 unspecified atom stereocenters. The number of rotatable bonds is 7. The van der Waals surface area contributed by atoms with Crippen LogP contribution in [0.3, 0.4) is 0 Å². The van der Waals surface area contributed by atoms with Gasteiger partial charge in [-0.25, -0.2) is 0 Å². The van der Waals surface area contributed by atoms with Crippen LogP contribution in [0.5, 0.6) is 0 Å². The van der Waals surface area contributed by atoms with E-state index in [9.17, 15) is 0 Å². The third-order valence-corrected chi connectivity index (χ3v) is 16.3. The molecule has 0 N–H and O–H groups in total. The van der Waals surface area contributed by atoms with Gasteiger partial charge in [0.2, 0.25) is 0 Å². The molecule has 0 aliphatic heterocycles. The largest absolute Gasteiger partial charge is 0.422 e. The molecule has 0 fully saturated rings. The van der Waals surface area contributed by atoms with Crippen molar-refractivity contribution in [2.45, 2.75) is 95.7 Å². The van der Waals surface area contributed by atoms with E-state index in [4.69, 9.17) is 4.43 Å². The van der Waals surface area contributed by atoms with Crippen LogP contribution in [0.15, 0.2) is 113 Å². The van der Waals surface area contributed by atoms with Gasteiger partial charge in [-0.05, 0) is 25.0 Å². The summed E-state index contributed by atoms with van der Waals surface area (Å²) in [5.74, 6) is 0. The van der Waals surface area contributed by atoms with Crippen LogP contribution in [0.1, 0.15) is 94.2 Å². The molecule has 4 rings (SSSR count). The average molecular weight is 672 g/mol. The summed E-state index contributed by atoms with van der Waals surface area (Å²) < 4.78 is 8.78. The molecule has 2 aliphatic rings. The van der Waals surface area contributed by atoms with Gasteiger partial charge in [-0.1, -0.05) is 91.5 Å². The minimum atomic E-state index is -0.730. The van der Waals surface area contributed by atoms with Gasteiger partial charge in [-0.15, -0.1) is 0 Å². The van der Waals surface area contributed by atoms with Gasteiger partial charge in [-0.3, -0.25) is 0 Å². The molecule has 3 heteroatoms. The first-order valence-electron chi connectivity index (χ1n) is 15.8. The fourth-order valence-corrected chi connectivity index (χ4v) is 11.2. The Labute approximate surface area is 278 Å². The summed E-state index contributed by atoms with van der Waals surface area (Å²) in [4.78, 5) is 0. The second-order valence-corrected chi connectivity index (χ2v) is 16.9. The Bertz CT molecular complexity index is 1290. The Morgan fingerprint density at radius 3 is 1.19 bits per heavy atom. The van der Waals surface area contributed by atoms with E-state index >= 15 is 0 Å². The SMILES string of the molecule is C(C=Cc1ccccc1)=Cc1ccccc1.CC1=C(C)C(C)(C)[C]([Zr][C]2=C(C)C(C)=C(C)C2(C)C)=C1C.C[SiH2]OC(C)C. The maximum atomic E-state index is 5.18. The third kappa shape index (κ3) is 9.97. The molecule has 0 radical (unpaired) electrons. The molecule has 0 atom stereocenters. The maximum absolute atomic E-state index is 5.18. The predicted octanol–water partition coefficient (Wildman–Crippen LogP) is 11.3. The van der Waals surface area contributed by atoms with Gasteiger partial charge in [0.1, 0.15) is 0 Å². The molecule has 1 nitrogen and oxygen atoms in total. The zero-order valence-electron chi connectivity index (χ0n) is 29.3. The summed E-state index contributed by atoms with van der Waals surface area (Å²) in [6.07, 6.45) is 8.77. The fraction of sp³-hybridized carbons (Fsp3) is 0.400. The van der Waals surface area contributed by atoms with E-state index in [2.05, 4.69) is 138 Å². The predicted molar refractivity (Wildman–Crippen MR) is 191 cm³/mol. The molecule has 0 saturated heterocycles. The summed E-state index contributed by atoms with van der Waals surface area (Å²) in [6, 6.07) is 20.6. The van der Waals surface area contributed by atoms with Crippen LogP contribution < -0.4 is 0 Å². The van der Waals surface area contributed by atoms with Crippen molar-refractivity contribution in [1.82, 2.24) is 0 Å². The van der Waals surface area contributed by atoms with Crippen LogP contribution in [0, 0.1) is 10.8 Å². The normalized spacial score (nSPS) is 17.9. The molecule has 0 aromatic heterocycles. The monoisotopic (exact) mass is 670 g/mol. The van der Waals surface area contributed by atoms with E-state index in [0.717, 1.165) is 0 Å². The second-order valence-electron chi connectivity index (χ2n) is 12.9. The Balaban J connectivity index is 0.000000259. The Morgan fingerprint density at radius 1 is 0.605 bits per heavy atom. The van der Waals surface area contributed by atoms with E-state index in [1.807, 2.05) is 36.4 Å².